The minimum atomic E-state index is 0.620. The van der Waals surface area contributed by atoms with Crippen LogP contribution in [-0.2, 0) is 6.54 Å². The SMILES string of the molecule is CCC(CC1CC1)NCc1cc(Br)c(OC)c(OC)c1. The Morgan fingerprint density at radius 2 is 2.05 bits per heavy atom. The van der Waals surface area contributed by atoms with Crippen LogP contribution in [0.5, 0.6) is 11.5 Å². The van der Waals surface area contributed by atoms with E-state index in [9.17, 15) is 0 Å². The van der Waals surface area contributed by atoms with E-state index in [1.54, 1.807) is 14.2 Å². The molecule has 1 aliphatic carbocycles. The van der Waals surface area contributed by atoms with Crippen molar-refractivity contribution >= 4 is 15.9 Å². The lowest BCUT2D eigenvalue weighted by Gasteiger charge is -2.18. The average molecular weight is 342 g/mol. The quantitative estimate of drug-likeness (QED) is 0.770. The maximum Gasteiger partial charge on any atom is 0.174 e. The minimum Gasteiger partial charge on any atom is -0.493 e. The molecular formula is C16H24BrNO2. The van der Waals surface area contributed by atoms with Crippen LogP contribution in [0.4, 0.5) is 0 Å². The van der Waals surface area contributed by atoms with Gasteiger partial charge in [-0.15, -0.1) is 0 Å². The molecule has 1 aromatic carbocycles. The van der Waals surface area contributed by atoms with Crippen LogP contribution in [-0.4, -0.2) is 20.3 Å². The van der Waals surface area contributed by atoms with E-state index < -0.39 is 0 Å². The van der Waals surface area contributed by atoms with Gasteiger partial charge in [-0.3, -0.25) is 0 Å². The maximum atomic E-state index is 5.38. The second-order valence-electron chi connectivity index (χ2n) is 5.48. The van der Waals surface area contributed by atoms with Crippen LogP contribution in [0, 0.1) is 5.92 Å². The molecule has 3 nitrogen and oxygen atoms in total. The van der Waals surface area contributed by atoms with Crippen molar-refractivity contribution in [2.24, 2.45) is 5.92 Å². The van der Waals surface area contributed by atoms with E-state index >= 15 is 0 Å². The van der Waals surface area contributed by atoms with E-state index in [1.807, 2.05) is 6.07 Å². The maximum absolute atomic E-state index is 5.38. The highest BCUT2D eigenvalue weighted by atomic mass is 79.9. The molecule has 20 heavy (non-hydrogen) atoms. The van der Waals surface area contributed by atoms with E-state index in [0.717, 1.165) is 28.4 Å². The first-order valence-electron chi connectivity index (χ1n) is 7.31. The largest absolute Gasteiger partial charge is 0.493 e. The van der Waals surface area contributed by atoms with Crippen molar-refractivity contribution in [3.05, 3.63) is 22.2 Å². The number of nitrogens with one attached hydrogen (secondary N) is 1. The highest BCUT2D eigenvalue weighted by Gasteiger charge is 2.24. The third-order valence-corrected chi connectivity index (χ3v) is 4.48. The molecule has 0 radical (unpaired) electrons. The molecule has 0 aliphatic heterocycles. The zero-order chi connectivity index (χ0) is 14.5. The molecule has 1 aromatic rings. The molecule has 1 N–H and O–H groups in total. The molecule has 0 aromatic heterocycles. The van der Waals surface area contributed by atoms with Gasteiger partial charge >= 0.3 is 0 Å². The summed E-state index contributed by atoms with van der Waals surface area (Å²) in [6.45, 7) is 3.12. The van der Waals surface area contributed by atoms with E-state index in [2.05, 4.69) is 34.2 Å². The number of ether oxygens (including phenoxy) is 2. The molecule has 1 aliphatic rings. The first-order valence-corrected chi connectivity index (χ1v) is 8.11. The Kier molecular flexibility index (Phi) is 5.73. The Balaban J connectivity index is 1.99. The van der Waals surface area contributed by atoms with E-state index in [4.69, 9.17) is 9.47 Å². The smallest absolute Gasteiger partial charge is 0.174 e. The monoisotopic (exact) mass is 341 g/mol. The summed E-state index contributed by atoms with van der Waals surface area (Å²) in [5, 5.41) is 3.66. The molecule has 0 amide bonds. The van der Waals surface area contributed by atoms with Crippen molar-refractivity contribution in [1.29, 1.82) is 0 Å². The number of benzene rings is 1. The molecule has 1 saturated carbocycles. The van der Waals surface area contributed by atoms with Gasteiger partial charge in [0, 0.05) is 12.6 Å². The van der Waals surface area contributed by atoms with Crippen molar-refractivity contribution in [3.63, 3.8) is 0 Å². The normalized spacial score (nSPS) is 16.0. The van der Waals surface area contributed by atoms with E-state index in [-0.39, 0.29) is 0 Å². The van der Waals surface area contributed by atoms with Crippen molar-refractivity contribution in [2.75, 3.05) is 14.2 Å². The van der Waals surface area contributed by atoms with Crippen LogP contribution >= 0.6 is 15.9 Å². The molecule has 1 atom stereocenters. The predicted molar refractivity (Wildman–Crippen MR) is 85.5 cm³/mol. The first-order chi connectivity index (χ1) is 9.67. The summed E-state index contributed by atoms with van der Waals surface area (Å²) in [7, 11) is 3.33. The Morgan fingerprint density at radius 3 is 2.60 bits per heavy atom. The fraction of sp³-hybridized carbons (Fsp3) is 0.625. The van der Waals surface area contributed by atoms with Crippen LogP contribution in [0.15, 0.2) is 16.6 Å². The van der Waals surface area contributed by atoms with Crippen LogP contribution in [0.3, 0.4) is 0 Å². The third kappa shape index (κ3) is 4.13. The van der Waals surface area contributed by atoms with Gasteiger partial charge in [-0.2, -0.15) is 0 Å². The summed E-state index contributed by atoms with van der Waals surface area (Å²) in [5.74, 6) is 2.49. The number of rotatable bonds is 8. The second kappa shape index (κ2) is 7.32. The highest BCUT2D eigenvalue weighted by molar-refractivity contribution is 9.10. The predicted octanol–water partition coefficient (Wildman–Crippen LogP) is 4.13. The lowest BCUT2D eigenvalue weighted by atomic mass is 10.1. The molecule has 0 saturated heterocycles. The van der Waals surface area contributed by atoms with E-state index in [1.165, 1.54) is 31.2 Å². The lowest BCUT2D eigenvalue weighted by molar-refractivity contribution is 0.352. The molecule has 1 fully saturated rings. The highest BCUT2D eigenvalue weighted by Crippen LogP contribution is 2.36. The molecule has 0 bridgehead atoms. The number of hydrogen-bond donors (Lipinski definition) is 1. The minimum absolute atomic E-state index is 0.620. The summed E-state index contributed by atoms with van der Waals surface area (Å²) in [6, 6.07) is 4.76. The Bertz CT molecular complexity index is 446. The van der Waals surface area contributed by atoms with Gasteiger partial charge in [0.15, 0.2) is 11.5 Å². The Labute approximate surface area is 130 Å². The standard InChI is InChI=1S/C16H24BrNO2/c1-4-13(7-11-5-6-11)18-10-12-8-14(17)16(20-3)15(9-12)19-2/h8-9,11,13,18H,4-7,10H2,1-3H3. The zero-order valence-corrected chi connectivity index (χ0v) is 14.1. The van der Waals surface area contributed by atoms with Crippen LogP contribution in [0.2, 0.25) is 0 Å². The summed E-state index contributed by atoms with van der Waals surface area (Å²) in [5.41, 5.74) is 1.21. The average Bonchev–Trinajstić information content (AvgIpc) is 3.26. The van der Waals surface area contributed by atoms with Crippen LogP contribution in [0.1, 0.15) is 38.2 Å². The topological polar surface area (TPSA) is 30.5 Å². The van der Waals surface area contributed by atoms with Crippen molar-refractivity contribution in [3.8, 4) is 11.5 Å². The molecule has 0 heterocycles. The summed E-state index contributed by atoms with van der Waals surface area (Å²) in [6.07, 6.45) is 5.33. The molecule has 4 heteroatoms. The second-order valence-corrected chi connectivity index (χ2v) is 6.33. The van der Waals surface area contributed by atoms with Gasteiger partial charge in [0.25, 0.3) is 0 Å². The summed E-state index contributed by atoms with van der Waals surface area (Å²) < 4.78 is 11.7. The van der Waals surface area contributed by atoms with Gasteiger partial charge in [0.05, 0.1) is 18.7 Å². The van der Waals surface area contributed by atoms with Gasteiger partial charge in [-0.25, -0.2) is 0 Å². The molecule has 0 spiro atoms. The Morgan fingerprint density at radius 1 is 1.30 bits per heavy atom. The first kappa shape index (κ1) is 15.6. The molecule has 1 unspecified atom stereocenters. The molecule has 112 valence electrons. The van der Waals surface area contributed by atoms with Gasteiger partial charge in [0.2, 0.25) is 0 Å². The molecular weight excluding hydrogens is 318 g/mol. The van der Waals surface area contributed by atoms with Gasteiger partial charge in [-0.05, 0) is 52.4 Å². The van der Waals surface area contributed by atoms with E-state index in [0.29, 0.717) is 6.04 Å². The van der Waals surface area contributed by atoms with Crippen LogP contribution in [0.25, 0.3) is 0 Å². The number of hydrogen-bond acceptors (Lipinski definition) is 3. The summed E-state index contributed by atoms with van der Waals surface area (Å²) in [4.78, 5) is 0. The molecule has 2 rings (SSSR count). The zero-order valence-electron chi connectivity index (χ0n) is 12.5. The van der Waals surface area contributed by atoms with Crippen molar-refractivity contribution in [2.45, 2.75) is 45.2 Å². The van der Waals surface area contributed by atoms with Gasteiger partial charge < -0.3 is 14.8 Å². The Hall–Kier alpha value is -0.740. The van der Waals surface area contributed by atoms with Gasteiger partial charge in [0.1, 0.15) is 0 Å². The summed E-state index contributed by atoms with van der Waals surface area (Å²) >= 11 is 3.54. The number of halogens is 1. The number of methoxy groups -OCH3 is 2. The third-order valence-electron chi connectivity index (χ3n) is 3.90. The van der Waals surface area contributed by atoms with Crippen LogP contribution < -0.4 is 14.8 Å². The fourth-order valence-electron chi connectivity index (χ4n) is 2.49. The van der Waals surface area contributed by atoms with Crippen molar-refractivity contribution < 1.29 is 9.47 Å². The van der Waals surface area contributed by atoms with Gasteiger partial charge in [-0.1, -0.05) is 19.8 Å². The van der Waals surface area contributed by atoms with Crippen molar-refractivity contribution in [1.82, 2.24) is 5.32 Å². The lowest BCUT2D eigenvalue weighted by Crippen LogP contribution is -2.28. The fourth-order valence-corrected chi connectivity index (χ4v) is 3.14.